The summed E-state index contributed by atoms with van der Waals surface area (Å²) in [5.74, 6) is -0.196. The van der Waals surface area contributed by atoms with Gasteiger partial charge in [0.1, 0.15) is 0 Å². The molecule has 1 fully saturated rings. The zero-order valence-electron chi connectivity index (χ0n) is 9.39. The second kappa shape index (κ2) is 5.12. The third-order valence-corrected chi connectivity index (χ3v) is 2.90. The molecule has 1 aromatic carbocycles. The van der Waals surface area contributed by atoms with Crippen LogP contribution in [0, 0.1) is 0 Å². The van der Waals surface area contributed by atoms with Crippen LogP contribution in [0.25, 0.3) is 0 Å². The molecule has 0 amide bonds. The molecule has 0 spiro atoms. The fraction of sp³-hybridized carbons (Fsp3) is 0.462. The highest BCUT2D eigenvalue weighted by molar-refractivity contribution is 5.69. The molecule has 2 rings (SSSR count). The van der Waals surface area contributed by atoms with Crippen LogP contribution in [0.2, 0.25) is 0 Å². The summed E-state index contributed by atoms with van der Waals surface area (Å²) in [7, 11) is 1.41. The minimum atomic E-state index is -0.196. The Hall–Kier alpha value is -1.35. The van der Waals surface area contributed by atoms with Crippen LogP contribution in [0.15, 0.2) is 30.3 Å². The van der Waals surface area contributed by atoms with Gasteiger partial charge in [0.15, 0.2) is 0 Å². The smallest absolute Gasteiger partial charge is 0.308 e. The molecule has 1 aromatic rings. The molecule has 3 nitrogen and oxygen atoms in total. The second-order valence-electron chi connectivity index (χ2n) is 4.02. The number of benzene rings is 1. The van der Waals surface area contributed by atoms with E-state index in [0.29, 0.717) is 6.42 Å². The van der Waals surface area contributed by atoms with Crippen LogP contribution >= 0.6 is 0 Å². The molecule has 1 aliphatic heterocycles. The first kappa shape index (κ1) is 11.1. The van der Waals surface area contributed by atoms with Crippen molar-refractivity contribution in [2.24, 2.45) is 0 Å². The largest absolute Gasteiger partial charge is 0.469 e. The predicted molar refractivity (Wildman–Crippen MR) is 59.9 cm³/mol. The van der Waals surface area contributed by atoms with E-state index in [2.05, 4.69) is 16.9 Å². The lowest BCUT2D eigenvalue weighted by molar-refractivity contribution is -0.143. The normalized spacial score (nSPS) is 24.3. The van der Waals surface area contributed by atoms with Gasteiger partial charge in [0.2, 0.25) is 0 Å². The maximum absolute atomic E-state index is 11.1. The zero-order chi connectivity index (χ0) is 11.4. The van der Waals surface area contributed by atoms with E-state index in [-0.39, 0.29) is 18.2 Å². The van der Waals surface area contributed by atoms with Gasteiger partial charge in [-0.15, -0.1) is 0 Å². The molecule has 86 valence electrons. The number of hydrogen-bond acceptors (Lipinski definition) is 3. The van der Waals surface area contributed by atoms with E-state index in [1.54, 1.807) is 0 Å². The summed E-state index contributed by atoms with van der Waals surface area (Å²) in [5.41, 5.74) is 1.19. The standard InChI is InChI=1S/C13H16O3/c1-15-13(14)9-11-7-8-12(16-11)10-5-3-2-4-6-10/h2-6,11-12H,7-9H2,1H3. The molecular weight excluding hydrogens is 204 g/mol. The van der Waals surface area contributed by atoms with Crippen molar-refractivity contribution >= 4 is 5.97 Å². The maximum atomic E-state index is 11.1. The lowest BCUT2D eigenvalue weighted by Crippen LogP contribution is -2.14. The molecule has 1 saturated heterocycles. The summed E-state index contributed by atoms with van der Waals surface area (Å²) < 4.78 is 10.5. The van der Waals surface area contributed by atoms with Gasteiger partial charge in [0, 0.05) is 0 Å². The van der Waals surface area contributed by atoms with Crippen LogP contribution in [0.4, 0.5) is 0 Å². The van der Waals surface area contributed by atoms with Crippen molar-refractivity contribution in [3.05, 3.63) is 35.9 Å². The Kier molecular flexibility index (Phi) is 3.57. The Labute approximate surface area is 95.4 Å². The van der Waals surface area contributed by atoms with Crippen molar-refractivity contribution in [2.75, 3.05) is 7.11 Å². The molecule has 1 aliphatic rings. The minimum Gasteiger partial charge on any atom is -0.469 e. The number of methoxy groups -OCH3 is 1. The third kappa shape index (κ3) is 2.61. The molecule has 0 aromatic heterocycles. The number of carbonyl (C=O) groups is 1. The van der Waals surface area contributed by atoms with Gasteiger partial charge in [-0.2, -0.15) is 0 Å². The summed E-state index contributed by atoms with van der Waals surface area (Å²) in [5, 5.41) is 0. The van der Waals surface area contributed by atoms with E-state index in [9.17, 15) is 4.79 Å². The highest BCUT2D eigenvalue weighted by Gasteiger charge is 2.28. The van der Waals surface area contributed by atoms with E-state index in [4.69, 9.17) is 4.74 Å². The Morgan fingerprint density at radius 1 is 1.38 bits per heavy atom. The first-order chi connectivity index (χ1) is 7.79. The van der Waals surface area contributed by atoms with Gasteiger partial charge in [0.25, 0.3) is 0 Å². The fourth-order valence-electron chi connectivity index (χ4n) is 2.04. The molecule has 0 N–H and O–H groups in total. The van der Waals surface area contributed by atoms with E-state index in [0.717, 1.165) is 12.8 Å². The molecular formula is C13H16O3. The number of rotatable bonds is 3. The maximum Gasteiger partial charge on any atom is 0.308 e. The second-order valence-corrected chi connectivity index (χ2v) is 4.02. The summed E-state index contributed by atoms with van der Waals surface area (Å²) in [6, 6.07) is 10.1. The number of carbonyl (C=O) groups excluding carboxylic acids is 1. The van der Waals surface area contributed by atoms with Crippen molar-refractivity contribution in [1.82, 2.24) is 0 Å². The minimum absolute atomic E-state index is 0.0117. The monoisotopic (exact) mass is 220 g/mol. The topological polar surface area (TPSA) is 35.5 Å². The van der Waals surface area contributed by atoms with E-state index in [1.165, 1.54) is 12.7 Å². The summed E-state index contributed by atoms with van der Waals surface area (Å²) in [6.07, 6.45) is 2.41. The Morgan fingerprint density at radius 2 is 2.12 bits per heavy atom. The molecule has 0 saturated carbocycles. The molecule has 0 aliphatic carbocycles. The van der Waals surface area contributed by atoms with Gasteiger partial charge >= 0.3 is 5.97 Å². The average Bonchev–Trinajstić information content (AvgIpc) is 2.78. The summed E-state index contributed by atoms with van der Waals surface area (Å²) >= 11 is 0. The predicted octanol–water partition coefficient (Wildman–Crippen LogP) is 2.47. The number of esters is 1. The fourth-order valence-corrected chi connectivity index (χ4v) is 2.04. The first-order valence-corrected chi connectivity index (χ1v) is 5.57. The Balaban J connectivity index is 1.91. The highest BCUT2D eigenvalue weighted by atomic mass is 16.5. The summed E-state index contributed by atoms with van der Waals surface area (Å²) in [4.78, 5) is 11.1. The van der Waals surface area contributed by atoms with Crippen molar-refractivity contribution in [3.8, 4) is 0 Å². The van der Waals surface area contributed by atoms with Crippen molar-refractivity contribution < 1.29 is 14.3 Å². The lowest BCUT2D eigenvalue weighted by atomic mass is 10.1. The van der Waals surface area contributed by atoms with Crippen LogP contribution in [0.1, 0.15) is 30.9 Å². The van der Waals surface area contributed by atoms with Gasteiger partial charge in [-0.3, -0.25) is 4.79 Å². The lowest BCUT2D eigenvalue weighted by Gasteiger charge is -2.12. The number of ether oxygens (including phenoxy) is 2. The first-order valence-electron chi connectivity index (χ1n) is 5.57. The van der Waals surface area contributed by atoms with Crippen molar-refractivity contribution in [2.45, 2.75) is 31.5 Å². The zero-order valence-corrected chi connectivity index (χ0v) is 9.39. The molecule has 1 heterocycles. The van der Waals surface area contributed by atoms with Crippen LogP contribution in [0.3, 0.4) is 0 Å². The van der Waals surface area contributed by atoms with Gasteiger partial charge in [-0.1, -0.05) is 30.3 Å². The molecule has 2 atom stereocenters. The van der Waals surface area contributed by atoms with E-state index >= 15 is 0 Å². The van der Waals surface area contributed by atoms with Crippen LogP contribution < -0.4 is 0 Å². The van der Waals surface area contributed by atoms with E-state index in [1.807, 2.05) is 18.2 Å². The quantitative estimate of drug-likeness (QED) is 0.734. The van der Waals surface area contributed by atoms with Crippen molar-refractivity contribution in [3.63, 3.8) is 0 Å². The highest BCUT2D eigenvalue weighted by Crippen LogP contribution is 2.33. The molecule has 16 heavy (non-hydrogen) atoms. The van der Waals surface area contributed by atoms with Crippen LogP contribution in [0.5, 0.6) is 0 Å². The van der Waals surface area contributed by atoms with Crippen LogP contribution in [-0.2, 0) is 14.3 Å². The Morgan fingerprint density at radius 3 is 2.81 bits per heavy atom. The molecule has 0 radical (unpaired) electrons. The Bertz CT molecular complexity index is 347. The van der Waals surface area contributed by atoms with Gasteiger partial charge < -0.3 is 9.47 Å². The van der Waals surface area contributed by atoms with Crippen molar-refractivity contribution in [1.29, 1.82) is 0 Å². The third-order valence-electron chi connectivity index (χ3n) is 2.90. The SMILES string of the molecule is COC(=O)CC1CCC(c2ccccc2)O1. The molecule has 0 bridgehead atoms. The van der Waals surface area contributed by atoms with Crippen LogP contribution in [-0.4, -0.2) is 19.2 Å². The average molecular weight is 220 g/mol. The van der Waals surface area contributed by atoms with Gasteiger partial charge in [0.05, 0.1) is 25.7 Å². The van der Waals surface area contributed by atoms with E-state index < -0.39 is 0 Å². The summed E-state index contributed by atoms with van der Waals surface area (Å²) in [6.45, 7) is 0. The molecule has 2 unspecified atom stereocenters. The van der Waals surface area contributed by atoms with Gasteiger partial charge in [-0.25, -0.2) is 0 Å². The van der Waals surface area contributed by atoms with Gasteiger partial charge in [-0.05, 0) is 18.4 Å². The molecule has 3 heteroatoms. The number of hydrogen-bond donors (Lipinski definition) is 0.